The summed E-state index contributed by atoms with van der Waals surface area (Å²) < 4.78 is 7.27. The number of nitrogens with zero attached hydrogens (tertiary/aromatic N) is 2. The zero-order valence-corrected chi connectivity index (χ0v) is 18.0. The fourth-order valence-corrected chi connectivity index (χ4v) is 5.45. The molecule has 0 aliphatic heterocycles. The van der Waals surface area contributed by atoms with E-state index in [9.17, 15) is 4.79 Å². The van der Waals surface area contributed by atoms with Crippen LogP contribution in [0.3, 0.4) is 0 Å². The number of carbonyl (C=O) groups is 1. The number of nitrogens with one attached hydrogen (secondary N) is 1. The lowest BCUT2D eigenvalue weighted by molar-refractivity contribution is -0.128. The summed E-state index contributed by atoms with van der Waals surface area (Å²) in [6.07, 6.45) is 5.09. The number of aryl methyl sites for hydroxylation is 2. The predicted octanol–water partition coefficient (Wildman–Crippen LogP) is 4.23. The zero-order chi connectivity index (χ0) is 20.5. The number of aromatic nitrogens is 2. The van der Waals surface area contributed by atoms with Crippen molar-refractivity contribution in [1.29, 1.82) is 0 Å². The van der Waals surface area contributed by atoms with E-state index in [4.69, 9.17) is 4.74 Å². The van der Waals surface area contributed by atoms with Crippen LogP contribution in [0.5, 0.6) is 5.75 Å². The molecule has 2 aliphatic rings. The number of amides is 1. The summed E-state index contributed by atoms with van der Waals surface area (Å²) in [6, 6.07) is 10.7. The van der Waals surface area contributed by atoms with Crippen LogP contribution in [-0.4, -0.2) is 28.8 Å². The van der Waals surface area contributed by atoms with Gasteiger partial charge in [-0.05, 0) is 62.3 Å². The Kier molecular flexibility index (Phi) is 5.66. The van der Waals surface area contributed by atoms with Crippen molar-refractivity contribution in [3.63, 3.8) is 0 Å². The molecule has 0 saturated heterocycles. The zero-order valence-electron chi connectivity index (χ0n) is 18.0. The summed E-state index contributed by atoms with van der Waals surface area (Å²) in [5.74, 6) is 2.63. The summed E-state index contributed by atoms with van der Waals surface area (Å²) in [7, 11) is 1.70. The Labute approximate surface area is 173 Å². The van der Waals surface area contributed by atoms with Crippen LogP contribution in [0, 0.1) is 31.6 Å². The fourth-order valence-electron chi connectivity index (χ4n) is 5.45. The van der Waals surface area contributed by atoms with Crippen molar-refractivity contribution < 1.29 is 9.53 Å². The molecule has 1 N–H and O–H groups in total. The summed E-state index contributed by atoms with van der Waals surface area (Å²) in [4.78, 5) is 13.0. The van der Waals surface area contributed by atoms with Crippen LogP contribution in [-0.2, 0) is 11.3 Å². The molecular weight excluding hydrogens is 362 g/mol. The number of hydrogen-bond acceptors (Lipinski definition) is 3. The van der Waals surface area contributed by atoms with Crippen molar-refractivity contribution in [3.05, 3.63) is 47.3 Å². The van der Waals surface area contributed by atoms with Crippen LogP contribution in [0.4, 0.5) is 0 Å². The van der Waals surface area contributed by atoms with Crippen LogP contribution in [0.2, 0.25) is 0 Å². The lowest BCUT2D eigenvalue weighted by Gasteiger charge is -2.55. The van der Waals surface area contributed by atoms with Crippen LogP contribution >= 0.6 is 0 Å². The number of carbonyl (C=O) groups excluding carboxylic acids is 1. The van der Waals surface area contributed by atoms with E-state index in [1.165, 1.54) is 31.2 Å². The molecule has 2 aromatic rings. The smallest absolute Gasteiger partial charge is 0.224 e. The lowest BCUT2D eigenvalue weighted by Crippen LogP contribution is -2.60. The molecule has 5 nitrogen and oxygen atoms in total. The monoisotopic (exact) mass is 395 g/mol. The number of hydrogen-bond donors (Lipinski definition) is 1. The average Bonchev–Trinajstić information content (AvgIpc) is 3.03. The Bertz CT molecular complexity index is 858. The van der Waals surface area contributed by atoms with Crippen LogP contribution in [0.25, 0.3) is 0 Å². The molecule has 5 heteroatoms. The maximum Gasteiger partial charge on any atom is 0.224 e. The minimum absolute atomic E-state index is 0.104. The van der Waals surface area contributed by atoms with Crippen molar-refractivity contribution >= 4 is 5.91 Å². The van der Waals surface area contributed by atoms with Gasteiger partial charge in [-0.25, -0.2) is 0 Å². The summed E-state index contributed by atoms with van der Waals surface area (Å²) in [6.45, 7) is 6.67. The first kappa shape index (κ1) is 20.0. The third-order valence-corrected chi connectivity index (χ3v) is 6.99. The van der Waals surface area contributed by atoms with E-state index in [2.05, 4.69) is 28.6 Å². The molecule has 5 atom stereocenters. The van der Waals surface area contributed by atoms with Gasteiger partial charge in [0.25, 0.3) is 0 Å². The van der Waals surface area contributed by atoms with E-state index in [1.807, 2.05) is 37.6 Å². The highest BCUT2D eigenvalue weighted by Crippen LogP contribution is 2.54. The molecule has 2 fully saturated rings. The van der Waals surface area contributed by atoms with Crippen molar-refractivity contribution in [1.82, 2.24) is 15.1 Å². The molecule has 1 amide bonds. The largest absolute Gasteiger partial charge is 0.497 e. The average molecular weight is 396 g/mol. The topological polar surface area (TPSA) is 56.1 Å². The number of fused-ring (bicyclic) bond motifs is 1. The van der Waals surface area contributed by atoms with E-state index < -0.39 is 0 Å². The normalized spacial score (nSPS) is 26.9. The van der Waals surface area contributed by atoms with Gasteiger partial charge in [0, 0.05) is 17.7 Å². The molecule has 1 aromatic heterocycles. The van der Waals surface area contributed by atoms with Crippen molar-refractivity contribution in [2.75, 3.05) is 7.11 Å². The maximum absolute atomic E-state index is 13.0. The van der Waals surface area contributed by atoms with Gasteiger partial charge in [-0.2, -0.15) is 5.10 Å². The Morgan fingerprint density at radius 3 is 2.52 bits per heavy atom. The standard InChI is InChI=1S/C24H33N3O2/c1-15(14-27-17(3)13-16(2)26-27)24(28)25-23-21-8-6-5-7-20(21)22(23)18-9-11-19(29-4)12-10-18/h9-13,15,20-23H,5-8,14H2,1-4H3,(H,25,28)/t15-,20-,21+,22+,23+/m1/s1. The maximum atomic E-state index is 13.0. The molecule has 0 radical (unpaired) electrons. The molecule has 0 unspecified atom stereocenters. The highest BCUT2D eigenvalue weighted by molar-refractivity contribution is 5.79. The molecule has 0 spiro atoms. The molecular formula is C24H33N3O2. The molecule has 2 aliphatic carbocycles. The molecule has 0 bridgehead atoms. The summed E-state index contributed by atoms with van der Waals surface area (Å²) in [5, 5.41) is 7.94. The van der Waals surface area contributed by atoms with E-state index in [0.717, 1.165) is 17.1 Å². The van der Waals surface area contributed by atoms with Crippen LogP contribution < -0.4 is 10.1 Å². The van der Waals surface area contributed by atoms with E-state index >= 15 is 0 Å². The highest BCUT2D eigenvalue weighted by Gasteiger charge is 2.51. The molecule has 1 heterocycles. The Morgan fingerprint density at radius 2 is 1.90 bits per heavy atom. The van der Waals surface area contributed by atoms with Gasteiger partial charge in [0.15, 0.2) is 0 Å². The van der Waals surface area contributed by atoms with Crippen molar-refractivity contribution in [2.24, 2.45) is 17.8 Å². The highest BCUT2D eigenvalue weighted by atomic mass is 16.5. The first-order valence-corrected chi connectivity index (χ1v) is 10.9. The first-order valence-electron chi connectivity index (χ1n) is 10.9. The van der Waals surface area contributed by atoms with Crippen LogP contribution in [0.1, 0.15) is 55.5 Å². The van der Waals surface area contributed by atoms with Gasteiger partial charge in [0.05, 0.1) is 25.3 Å². The van der Waals surface area contributed by atoms with Gasteiger partial charge < -0.3 is 10.1 Å². The molecule has 1 aromatic carbocycles. The minimum Gasteiger partial charge on any atom is -0.497 e. The van der Waals surface area contributed by atoms with Gasteiger partial charge in [-0.15, -0.1) is 0 Å². The second-order valence-electron chi connectivity index (χ2n) is 8.96. The Balaban J connectivity index is 1.47. The minimum atomic E-state index is -0.104. The number of rotatable bonds is 6. The van der Waals surface area contributed by atoms with E-state index in [-0.39, 0.29) is 17.9 Å². The number of benzene rings is 1. The van der Waals surface area contributed by atoms with Gasteiger partial charge in [-0.1, -0.05) is 31.9 Å². The first-order chi connectivity index (χ1) is 14.0. The Morgan fingerprint density at radius 1 is 1.21 bits per heavy atom. The predicted molar refractivity (Wildman–Crippen MR) is 114 cm³/mol. The van der Waals surface area contributed by atoms with Crippen molar-refractivity contribution in [2.45, 2.75) is 65.0 Å². The molecule has 156 valence electrons. The van der Waals surface area contributed by atoms with Crippen LogP contribution in [0.15, 0.2) is 30.3 Å². The van der Waals surface area contributed by atoms with E-state index in [0.29, 0.717) is 24.3 Å². The summed E-state index contributed by atoms with van der Waals surface area (Å²) >= 11 is 0. The van der Waals surface area contributed by atoms with Gasteiger partial charge >= 0.3 is 0 Å². The van der Waals surface area contributed by atoms with Gasteiger partial charge in [0.2, 0.25) is 5.91 Å². The SMILES string of the molecule is COc1ccc([C@H]2[C@@H]3CCCC[C@@H]3[C@@H]2NC(=O)[C@H](C)Cn2nc(C)cc2C)cc1. The Hall–Kier alpha value is -2.30. The summed E-state index contributed by atoms with van der Waals surface area (Å²) in [5.41, 5.74) is 3.43. The van der Waals surface area contributed by atoms with Crippen molar-refractivity contribution in [3.8, 4) is 5.75 Å². The third-order valence-electron chi connectivity index (χ3n) is 6.99. The third kappa shape index (κ3) is 3.92. The molecule has 4 rings (SSSR count). The second-order valence-corrected chi connectivity index (χ2v) is 8.96. The molecule has 29 heavy (non-hydrogen) atoms. The van der Waals surface area contributed by atoms with Gasteiger partial charge in [-0.3, -0.25) is 9.48 Å². The fraction of sp³-hybridized carbons (Fsp3) is 0.583. The lowest BCUT2D eigenvalue weighted by atomic mass is 9.53. The number of ether oxygens (including phenoxy) is 1. The molecule has 2 saturated carbocycles. The van der Waals surface area contributed by atoms with Gasteiger partial charge in [0.1, 0.15) is 5.75 Å². The second kappa shape index (κ2) is 8.21. The number of methoxy groups -OCH3 is 1. The van der Waals surface area contributed by atoms with E-state index in [1.54, 1.807) is 7.11 Å². The quantitative estimate of drug-likeness (QED) is 0.796.